The van der Waals surface area contributed by atoms with Crippen molar-refractivity contribution in [2.45, 2.75) is 58.2 Å². The first kappa shape index (κ1) is 20.6. The lowest BCUT2D eigenvalue weighted by Gasteiger charge is -2.39. The summed E-state index contributed by atoms with van der Waals surface area (Å²) < 4.78 is 19.5. The third-order valence-electron chi connectivity index (χ3n) is 4.72. The van der Waals surface area contributed by atoms with Crippen molar-refractivity contribution >= 4 is 8.32 Å². The van der Waals surface area contributed by atoms with Gasteiger partial charge in [-0.05, 0) is 30.3 Å². The molecule has 0 saturated carbocycles. The van der Waals surface area contributed by atoms with Crippen LogP contribution in [-0.2, 0) is 22.3 Å². The molecular formula is C19H31N3O3Si. The Morgan fingerprint density at radius 1 is 1.15 bits per heavy atom. The van der Waals surface area contributed by atoms with E-state index in [0.717, 1.165) is 11.4 Å². The summed E-state index contributed by atoms with van der Waals surface area (Å²) in [5.74, 6) is 0.843. The first-order valence-corrected chi connectivity index (χ1v) is 11.9. The molecule has 0 bridgehead atoms. The number of aromatic nitrogens is 3. The second-order valence-corrected chi connectivity index (χ2v) is 12.7. The van der Waals surface area contributed by atoms with Crippen LogP contribution in [0.1, 0.15) is 26.5 Å². The first-order valence-electron chi connectivity index (χ1n) is 8.95. The summed E-state index contributed by atoms with van der Waals surface area (Å²) in [7, 11) is -0.286. The van der Waals surface area contributed by atoms with Gasteiger partial charge in [-0.2, -0.15) is 0 Å². The molecule has 0 saturated heterocycles. The molecular weight excluding hydrogens is 346 g/mol. The fourth-order valence-corrected chi connectivity index (χ4v) is 3.60. The van der Waals surface area contributed by atoms with Gasteiger partial charge < -0.3 is 13.9 Å². The van der Waals surface area contributed by atoms with E-state index in [-0.39, 0.29) is 11.1 Å². The third kappa shape index (κ3) is 5.93. The lowest BCUT2D eigenvalue weighted by molar-refractivity contribution is 0.0966. The summed E-state index contributed by atoms with van der Waals surface area (Å²) in [6.45, 7) is 12.7. The summed E-state index contributed by atoms with van der Waals surface area (Å²) in [5, 5.41) is 8.44. The number of benzene rings is 1. The zero-order valence-electron chi connectivity index (χ0n) is 16.7. The van der Waals surface area contributed by atoms with Crippen LogP contribution in [0.2, 0.25) is 18.1 Å². The minimum Gasteiger partial charge on any atom is -0.491 e. The molecule has 0 aliphatic rings. The van der Waals surface area contributed by atoms with Gasteiger partial charge in [0.15, 0.2) is 8.32 Å². The highest BCUT2D eigenvalue weighted by Gasteiger charge is 2.39. The largest absolute Gasteiger partial charge is 0.491 e. The van der Waals surface area contributed by atoms with Gasteiger partial charge in [-0.1, -0.05) is 44.2 Å². The van der Waals surface area contributed by atoms with Gasteiger partial charge in [-0.3, -0.25) is 0 Å². The van der Waals surface area contributed by atoms with E-state index in [1.54, 1.807) is 11.8 Å². The summed E-state index contributed by atoms with van der Waals surface area (Å²) in [5.41, 5.74) is 0.808. The summed E-state index contributed by atoms with van der Waals surface area (Å²) in [6, 6.07) is 9.81. The van der Waals surface area contributed by atoms with Gasteiger partial charge in [0.05, 0.1) is 25.5 Å². The van der Waals surface area contributed by atoms with E-state index >= 15 is 0 Å². The monoisotopic (exact) mass is 377 g/mol. The standard InChI is InChI=1S/C19H31N3O3Si/c1-19(2,3)26(5,6)25-18(15-24-17-10-8-7-9-11-17)13-22-12-16(14-23-4)20-21-22/h7-12,18H,13-15H2,1-6H3. The average molecular weight is 378 g/mol. The topological polar surface area (TPSA) is 58.4 Å². The van der Waals surface area contributed by atoms with Gasteiger partial charge in [0.25, 0.3) is 0 Å². The van der Waals surface area contributed by atoms with Crippen molar-refractivity contribution in [2.24, 2.45) is 0 Å². The van der Waals surface area contributed by atoms with E-state index in [2.05, 4.69) is 44.2 Å². The quantitative estimate of drug-likeness (QED) is 0.621. The average Bonchev–Trinajstić information content (AvgIpc) is 3.00. The predicted molar refractivity (Wildman–Crippen MR) is 105 cm³/mol. The zero-order chi connectivity index (χ0) is 19.2. The smallest absolute Gasteiger partial charge is 0.192 e. The van der Waals surface area contributed by atoms with Gasteiger partial charge in [0, 0.05) is 7.11 Å². The molecule has 7 heteroatoms. The normalized spacial score (nSPS) is 13.6. The molecule has 1 aromatic heterocycles. The van der Waals surface area contributed by atoms with Crippen LogP contribution < -0.4 is 4.74 Å². The zero-order valence-corrected chi connectivity index (χ0v) is 17.7. The maximum atomic E-state index is 6.59. The molecule has 6 nitrogen and oxygen atoms in total. The third-order valence-corrected chi connectivity index (χ3v) is 9.25. The Hall–Kier alpha value is -1.70. The Labute approximate surface area is 157 Å². The Morgan fingerprint density at radius 2 is 1.85 bits per heavy atom. The molecule has 0 aliphatic carbocycles. The van der Waals surface area contributed by atoms with E-state index in [0.29, 0.717) is 19.8 Å². The minimum atomic E-state index is -1.93. The highest BCUT2D eigenvalue weighted by Crippen LogP contribution is 2.37. The summed E-state index contributed by atoms with van der Waals surface area (Å²) in [6.07, 6.45) is 1.79. The van der Waals surface area contributed by atoms with Crippen LogP contribution >= 0.6 is 0 Å². The predicted octanol–water partition coefficient (Wildman–Crippen LogP) is 3.89. The number of ether oxygens (including phenoxy) is 2. The van der Waals surface area contributed by atoms with Gasteiger partial charge in [-0.15, -0.1) is 5.10 Å². The Morgan fingerprint density at radius 3 is 2.46 bits per heavy atom. The van der Waals surface area contributed by atoms with Crippen LogP contribution in [0.3, 0.4) is 0 Å². The molecule has 144 valence electrons. The molecule has 26 heavy (non-hydrogen) atoms. The first-order chi connectivity index (χ1) is 12.2. The fourth-order valence-electron chi connectivity index (χ4n) is 2.27. The molecule has 0 N–H and O–H groups in total. The molecule has 1 atom stereocenters. The number of para-hydroxylation sites is 1. The number of hydrogen-bond acceptors (Lipinski definition) is 5. The van der Waals surface area contributed by atoms with Crippen LogP contribution in [0, 0.1) is 0 Å². The van der Waals surface area contributed by atoms with Crippen molar-refractivity contribution < 1.29 is 13.9 Å². The van der Waals surface area contributed by atoms with Crippen LogP contribution in [0.25, 0.3) is 0 Å². The highest BCUT2D eigenvalue weighted by atomic mass is 28.4. The molecule has 0 amide bonds. The number of hydrogen-bond donors (Lipinski definition) is 0. The van der Waals surface area contributed by atoms with Crippen molar-refractivity contribution in [3.8, 4) is 5.75 Å². The molecule has 0 aliphatic heterocycles. The van der Waals surface area contributed by atoms with Crippen molar-refractivity contribution in [2.75, 3.05) is 13.7 Å². The fraction of sp³-hybridized carbons (Fsp3) is 0.579. The maximum Gasteiger partial charge on any atom is 0.192 e. The van der Waals surface area contributed by atoms with Gasteiger partial charge in [0.2, 0.25) is 0 Å². The second kappa shape index (κ2) is 8.79. The van der Waals surface area contributed by atoms with Crippen molar-refractivity contribution in [1.82, 2.24) is 15.0 Å². The molecule has 1 aromatic carbocycles. The van der Waals surface area contributed by atoms with Crippen LogP contribution in [0.15, 0.2) is 36.5 Å². The molecule has 0 fully saturated rings. The summed E-state index contributed by atoms with van der Waals surface area (Å²) in [4.78, 5) is 0. The Balaban J connectivity index is 2.09. The molecule has 2 aromatic rings. The highest BCUT2D eigenvalue weighted by molar-refractivity contribution is 6.74. The maximum absolute atomic E-state index is 6.59. The van der Waals surface area contributed by atoms with Gasteiger partial charge in [0.1, 0.15) is 18.1 Å². The number of nitrogens with zero attached hydrogens (tertiary/aromatic N) is 3. The van der Waals surface area contributed by atoms with E-state index in [1.807, 2.05) is 36.5 Å². The molecule has 0 radical (unpaired) electrons. The Kier molecular flexibility index (Phi) is 6.97. The van der Waals surface area contributed by atoms with Crippen molar-refractivity contribution in [3.63, 3.8) is 0 Å². The number of methoxy groups -OCH3 is 1. The van der Waals surface area contributed by atoms with E-state index in [4.69, 9.17) is 13.9 Å². The minimum absolute atomic E-state index is 0.104. The van der Waals surface area contributed by atoms with Crippen molar-refractivity contribution in [3.05, 3.63) is 42.2 Å². The molecule has 2 rings (SSSR count). The van der Waals surface area contributed by atoms with Crippen LogP contribution in [0.4, 0.5) is 0 Å². The van der Waals surface area contributed by atoms with Gasteiger partial charge in [-0.25, -0.2) is 4.68 Å². The van der Waals surface area contributed by atoms with E-state index < -0.39 is 8.32 Å². The van der Waals surface area contributed by atoms with E-state index in [9.17, 15) is 0 Å². The molecule has 0 spiro atoms. The number of rotatable bonds is 9. The SMILES string of the molecule is COCc1cn(CC(COc2ccccc2)O[Si](C)(C)C(C)(C)C)nn1. The van der Waals surface area contributed by atoms with Crippen LogP contribution in [0.5, 0.6) is 5.75 Å². The summed E-state index contributed by atoms with van der Waals surface area (Å²) >= 11 is 0. The van der Waals surface area contributed by atoms with Crippen LogP contribution in [-0.4, -0.2) is 43.1 Å². The second-order valence-electron chi connectivity index (χ2n) is 7.99. The van der Waals surface area contributed by atoms with Gasteiger partial charge >= 0.3 is 0 Å². The molecule has 1 heterocycles. The Bertz CT molecular complexity index is 668. The lowest BCUT2D eigenvalue weighted by Crippen LogP contribution is -2.46. The lowest BCUT2D eigenvalue weighted by atomic mass is 10.2. The van der Waals surface area contributed by atoms with E-state index in [1.165, 1.54) is 0 Å². The molecule has 1 unspecified atom stereocenters. The van der Waals surface area contributed by atoms with Crippen molar-refractivity contribution in [1.29, 1.82) is 0 Å².